The molecule has 1 atom stereocenters. The monoisotopic (exact) mass is 364 g/mol. The Morgan fingerprint density at radius 3 is 2.52 bits per heavy atom. The molecule has 0 aliphatic carbocycles. The average Bonchev–Trinajstić information content (AvgIpc) is 3.17. The fourth-order valence-corrected chi connectivity index (χ4v) is 2.82. The zero-order chi connectivity index (χ0) is 19.1. The van der Waals surface area contributed by atoms with Crippen molar-refractivity contribution in [3.05, 3.63) is 71.6 Å². The third kappa shape index (κ3) is 5.26. The molecule has 3 aromatic rings. The summed E-state index contributed by atoms with van der Waals surface area (Å²) in [6.07, 6.45) is 1.52. The highest BCUT2D eigenvalue weighted by Crippen LogP contribution is 2.20. The van der Waals surface area contributed by atoms with Crippen molar-refractivity contribution in [1.29, 1.82) is 0 Å². The van der Waals surface area contributed by atoms with E-state index in [0.29, 0.717) is 24.8 Å². The van der Waals surface area contributed by atoms with Crippen LogP contribution in [0.2, 0.25) is 0 Å². The lowest BCUT2D eigenvalue weighted by atomic mass is 9.98. The summed E-state index contributed by atoms with van der Waals surface area (Å²) in [6.45, 7) is 4.50. The fraction of sp³-hybridized carbons (Fsp3) is 0.318. The number of esters is 1. The van der Waals surface area contributed by atoms with Crippen molar-refractivity contribution in [2.24, 2.45) is 0 Å². The molecular weight excluding hydrogens is 340 g/mol. The van der Waals surface area contributed by atoms with Crippen LogP contribution in [0.1, 0.15) is 42.7 Å². The van der Waals surface area contributed by atoms with Gasteiger partial charge in [-0.1, -0.05) is 55.0 Å². The van der Waals surface area contributed by atoms with E-state index in [-0.39, 0.29) is 18.3 Å². The summed E-state index contributed by atoms with van der Waals surface area (Å²) in [6, 6.07) is 18.0. The molecule has 3 rings (SSSR count). The lowest BCUT2D eigenvalue weighted by Gasteiger charge is -2.15. The number of carbonyl (C=O) groups is 1. The van der Waals surface area contributed by atoms with Gasteiger partial charge in [-0.25, -0.2) is 0 Å². The molecule has 0 aliphatic heterocycles. The third-order valence-electron chi connectivity index (χ3n) is 4.52. The molecule has 0 N–H and O–H groups in total. The molecule has 1 unspecified atom stereocenters. The number of ether oxygens (including phenoxy) is 1. The molecule has 0 spiro atoms. The van der Waals surface area contributed by atoms with E-state index in [0.717, 1.165) is 12.0 Å². The van der Waals surface area contributed by atoms with Gasteiger partial charge in [-0.3, -0.25) is 4.79 Å². The largest absolute Gasteiger partial charge is 0.465 e. The van der Waals surface area contributed by atoms with Crippen LogP contribution < -0.4 is 0 Å². The van der Waals surface area contributed by atoms with Gasteiger partial charge >= 0.3 is 5.97 Å². The number of benzene rings is 2. The Morgan fingerprint density at radius 1 is 1.07 bits per heavy atom. The molecule has 0 saturated carbocycles. The van der Waals surface area contributed by atoms with E-state index in [1.165, 1.54) is 11.1 Å². The standard InChI is InChI=1S/C22H24N2O3/c1-3-17(18-7-5-4-6-8-18)15-26-21(25)14-13-20-23-24-22(27-20)19-11-9-16(2)10-12-19/h4-12,17H,3,13-15H2,1-2H3. The van der Waals surface area contributed by atoms with Crippen molar-refractivity contribution < 1.29 is 13.9 Å². The summed E-state index contributed by atoms with van der Waals surface area (Å²) in [7, 11) is 0. The minimum Gasteiger partial charge on any atom is -0.465 e. The van der Waals surface area contributed by atoms with Gasteiger partial charge in [0, 0.05) is 17.9 Å². The van der Waals surface area contributed by atoms with Crippen molar-refractivity contribution in [3.8, 4) is 11.5 Å². The first kappa shape index (κ1) is 18.8. The summed E-state index contributed by atoms with van der Waals surface area (Å²) < 4.78 is 11.1. The molecule has 2 aromatic carbocycles. The van der Waals surface area contributed by atoms with Crippen LogP contribution in [0.5, 0.6) is 0 Å². The number of nitrogens with zero attached hydrogens (tertiary/aromatic N) is 2. The topological polar surface area (TPSA) is 65.2 Å². The van der Waals surface area contributed by atoms with Crippen molar-refractivity contribution in [3.63, 3.8) is 0 Å². The van der Waals surface area contributed by atoms with Gasteiger partial charge < -0.3 is 9.15 Å². The van der Waals surface area contributed by atoms with Crippen LogP contribution >= 0.6 is 0 Å². The smallest absolute Gasteiger partial charge is 0.306 e. The van der Waals surface area contributed by atoms with E-state index in [4.69, 9.17) is 9.15 Å². The van der Waals surface area contributed by atoms with Crippen molar-refractivity contribution >= 4 is 5.97 Å². The van der Waals surface area contributed by atoms with Crippen LogP contribution in [0.3, 0.4) is 0 Å². The van der Waals surface area contributed by atoms with E-state index < -0.39 is 0 Å². The summed E-state index contributed by atoms with van der Waals surface area (Å²) in [4.78, 5) is 12.1. The minimum atomic E-state index is -0.250. The van der Waals surface area contributed by atoms with E-state index in [1.807, 2.05) is 49.4 Å². The maximum absolute atomic E-state index is 12.1. The fourth-order valence-electron chi connectivity index (χ4n) is 2.82. The Bertz CT molecular complexity index is 857. The molecule has 0 bridgehead atoms. The van der Waals surface area contributed by atoms with Gasteiger partial charge in [-0.2, -0.15) is 0 Å². The Morgan fingerprint density at radius 2 is 1.81 bits per heavy atom. The van der Waals surface area contributed by atoms with Crippen molar-refractivity contribution in [2.75, 3.05) is 6.61 Å². The van der Waals surface area contributed by atoms with E-state index >= 15 is 0 Å². The number of hydrogen-bond acceptors (Lipinski definition) is 5. The lowest BCUT2D eigenvalue weighted by Crippen LogP contribution is -2.13. The molecule has 0 radical (unpaired) electrons. The summed E-state index contributed by atoms with van der Waals surface area (Å²) in [5.74, 6) is 0.872. The molecule has 0 saturated heterocycles. The lowest BCUT2D eigenvalue weighted by molar-refractivity contribution is -0.144. The predicted molar refractivity (Wildman–Crippen MR) is 103 cm³/mol. The second kappa shape index (κ2) is 9.12. The SMILES string of the molecule is CCC(COC(=O)CCc1nnc(-c2ccc(C)cc2)o1)c1ccccc1. The highest BCUT2D eigenvalue weighted by Gasteiger charge is 2.14. The van der Waals surface area contributed by atoms with Gasteiger partial charge in [0.25, 0.3) is 0 Å². The Labute approximate surface area is 159 Å². The van der Waals surface area contributed by atoms with Gasteiger partial charge in [0.15, 0.2) is 0 Å². The number of aromatic nitrogens is 2. The predicted octanol–water partition coefficient (Wildman–Crippen LogP) is 4.71. The summed E-state index contributed by atoms with van der Waals surface area (Å²) in [5.41, 5.74) is 3.23. The highest BCUT2D eigenvalue weighted by atomic mass is 16.5. The van der Waals surface area contributed by atoms with Gasteiger partial charge in [-0.05, 0) is 31.0 Å². The molecule has 1 heterocycles. The van der Waals surface area contributed by atoms with E-state index in [9.17, 15) is 4.79 Å². The maximum Gasteiger partial charge on any atom is 0.306 e. The number of rotatable bonds is 8. The first-order valence-corrected chi connectivity index (χ1v) is 9.25. The molecule has 0 fully saturated rings. The second-order valence-electron chi connectivity index (χ2n) is 6.57. The number of hydrogen-bond donors (Lipinski definition) is 0. The van der Waals surface area contributed by atoms with Crippen molar-refractivity contribution in [1.82, 2.24) is 10.2 Å². The molecule has 0 aliphatic rings. The maximum atomic E-state index is 12.1. The van der Waals surface area contributed by atoms with Gasteiger partial charge in [0.05, 0.1) is 13.0 Å². The quantitative estimate of drug-likeness (QED) is 0.541. The Hall–Kier alpha value is -2.95. The van der Waals surface area contributed by atoms with Crippen LogP contribution in [0.25, 0.3) is 11.5 Å². The second-order valence-corrected chi connectivity index (χ2v) is 6.57. The molecule has 140 valence electrons. The minimum absolute atomic E-state index is 0.215. The first-order valence-electron chi connectivity index (χ1n) is 9.25. The van der Waals surface area contributed by atoms with E-state index in [2.05, 4.69) is 29.3 Å². The summed E-state index contributed by atoms with van der Waals surface area (Å²) >= 11 is 0. The Balaban J connectivity index is 1.48. The van der Waals surface area contributed by atoms with Crippen LogP contribution in [-0.4, -0.2) is 22.8 Å². The van der Waals surface area contributed by atoms with Crippen LogP contribution in [0.15, 0.2) is 59.0 Å². The normalized spacial score (nSPS) is 11.9. The van der Waals surface area contributed by atoms with Crippen LogP contribution in [0, 0.1) is 6.92 Å². The zero-order valence-electron chi connectivity index (χ0n) is 15.7. The Kier molecular flexibility index (Phi) is 6.36. The first-order chi connectivity index (χ1) is 13.2. The van der Waals surface area contributed by atoms with Crippen molar-refractivity contribution in [2.45, 2.75) is 39.0 Å². The zero-order valence-corrected chi connectivity index (χ0v) is 15.7. The number of aryl methyl sites for hydroxylation is 2. The number of carbonyl (C=O) groups excluding carboxylic acids is 1. The molecule has 0 amide bonds. The van der Waals surface area contributed by atoms with Gasteiger partial charge in [0.1, 0.15) is 0 Å². The van der Waals surface area contributed by atoms with Gasteiger partial charge in [-0.15, -0.1) is 10.2 Å². The van der Waals surface area contributed by atoms with Gasteiger partial charge in [0.2, 0.25) is 11.8 Å². The molecule has 5 heteroatoms. The molecule has 27 heavy (non-hydrogen) atoms. The van der Waals surface area contributed by atoms with Crippen LogP contribution in [-0.2, 0) is 16.0 Å². The van der Waals surface area contributed by atoms with Crippen LogP contribution in [0.4, 0.5) is 0 Å². The molecule has 5 nitrogen and oxygen atoms in total. The highest BCUT2D eigenvalue weighted by molar-refractivity contribution is 5.69. The van der Waals surface area contributed by atoms with E-state index in [1.54, 1.807) is 0 Å². The molecular formula is C22H24N2O3. The average molecular weight is 364 g/mol. The summed E-state index contributed by atoms with van der Waals surface area (Å²) in [5, 5.41) is 8.07. The third-order valence-corrected chi connectivity index (χ3v) is 4.52. The molecule has 1 aromatic heterocycles.